The van der Waals surface area contributed by atoms with Crippen molar-refractivity contribution < 1.29 is 9.59 Å². The number of nitrogens with one attached hydrogen (secondary N) is 2. The number of hydrogen-bond donors (Lipinski definition) is 2. The summed E-state index contributed by atoms with van der Waals surface area (Å²) in [6, 6.07) is 16.7. The number of tetrazole rings is 1. The van der Waals surface area contributed by atoms with Crippen LogP contribution in [0.5, 0.6) is 0 Å². The van der Waals surface area contributed by atoms with Gasteiger partial charge in [0.25, 0.3) is 5.91 Å². The summed E-state index contributed by atoms with van der Waals surface area (Å²) in [5.74, 6) is 0.310. The van der Waals surface area contributed by atoms with Crippen LogP contribution in [0.4, 0.5) is 0 Å². The second-order valence-electron chi connectivity index (χ2n) is 7.31. The average Bonchev–Trinajstić information content (AvgIpc) is 3.22. The third kappa shape index (κ3) is 5.97. The Morgan fingerprint density at radius 3 is 2.47 bits per heavy atom. The van der Waals surface area contributed by atoms with Crippen LogP contribution in [0, 0.1) is 5.92 Å². The van der Waals surface area contributed by atoms with Gasteiger partial charge in [0.15, 0.2) is 0 Å². The zero-order valence-corrected chi connectivity index (χ0v) is 17.2. The van der Waals surface area contributed by atoms with E-state index in [0.29, 0.717) is 30.3 Å². The number of hydrogen-bond acceptors (Lipinski definition) is 5. The lowest BCUT2D eigenvalue weighted by Crippen LogP contribution is -2.42. The molecule has 1 atom stereocenters. The van der Waals surface area contributed by atoms with Crippen molar-refractivity contribution in [2.24, 2.45) is 5.92 Å². The van der Waals surface area contributed by atoms with Gasteiger partial charge in [-0.15, -0.1) is 10.2 Å². The van der Waals surface area contributed by atoms with Crippen molar-refractivity contribution >= 4 is 11.8 Å². The first kappa shape index (κ1) is 21.2. The molecule has 8 nitrogen and oxygen atoms in total. The maximum Gasteiger partial charge on any atom is 0.269 e. The molecule has 0 spiro atoms. The minimum atomic E-state index is -0.358. The van der Waals surface area contributed by atoms with Crippen LogP contribution in [0.15, 0.2) is 54.6 Å². The van der Waals surface area contributed by atoms with Crippen molar-refractivity contribution in [2.75, 3.05) is 0 Å². The average molecular weight is 406 g/mol. The third-order valence-corrected chi connectivity index (χ3v) is 4.66. The lowest BCUT2D eigenvalue weighted by atomic mass is 10.0. The lowest BCUT2D eigenvalue weighted by molar-refractivity contribution is -0.122. The highest BCUT2D eigenvalue weighted by Gasteiger charge is 2.11. The highest BCUT2D eigenvalue weighted by atomic mass is 16.2. The van der Waals surface area contributed by atoms with E-state index in [1.165, 1.54) is 4.80 Å². The predicted molar refractivity (Wildman–Crippen MR) is 113 cm³/mol. The first-order chi connectivity index (χ1) is 14.5. The summed E-state index contributed by atoms with van der Waals surface area (Å²) >= 11 is 0. The van der Waals surface area contributed by atoms with Gasteiger partial charge < -0.3 is 0 Å². The molecule has 0 bridgehead atoms. The van der Waals surface area contributed by atoms with E-state index in [4.69, 9.17) is 0 Å². The standard InChI is InChI=1S/C22H26N6O2/c1-3-7-16(2)14-20(29)23-25-22(30)19-12-10-17(11-13-19)15-28-26-21(24-27-28)18-8-5-4-6-9-18/h4-6,8-13,16H,3,7,14-15H2,1-2H3,(H,23,29)(H,25,30). The summed E-state index contributed by atoms with van der Waals surface area (Å²) < 4.78 is 0. The molecular weight excluding hydrogens is 380 g/mol. The molecule has 1 aromatic heterocycles. The first-order valence-corrected chi connectivity index (χ1v) is 10.1. The van der Waals surface area contributed by atoms with Crippen LogP contribution in [0.25, 0.3) is 11.4 Å². The Kier molecular flexibility index (Phi) is 7.26. The number of hydrazine groups is 1. The van der Waals surface area contributed by atoms with Crippen LogP contribution in [0.3, 0.4) is 0 Å². The van der Waals surface area contributed by atoms with Crippen LogP contribution in [-0.4, -0.2) is 32.0 Å². The van der Waals surface area contributed by atoms with Crippen LogP contribution < -0.4 is 10.9 Å². The van der Waals surface area contributed by atoms with Crippen molar-refractivity contribution in [1.82, 2.24) is 31.1 Å². The molecule has 0 aliphatic carbocycles. The molecule has 8 heteroatoms. The second-order valence-corrected chi connectivity index (χ2v) is 7.31. The van der Waals surface area contributed by atoms with Gasteiger partial charge in [0.1, 0.15) is 0 Å². The van der Waals surface area contributed by atoms with Gasteiger partial charge in [-0.2, -0.15) is 4.80 Å². The molecule has 0 saturated heterocycles. The topological polar surface area (TPSA) is 102 Å². The highest BCUT2D eigenvalue weighted by molar-refractivity contribution is 5.95. The number of rotatable bonds is 8. The molecule has 0 aliphatic heterocycles. The minimum absolute atomic E-state index is 0.188. The fourth-order valence-electron chi connectivity index (χ4n) is 3.10. The minimum Gasteiger partial charge on any atom is -0.273 e. The van der Waals surface area contributed by atoms with Gasteiger partial charge in [-0.3, -0.25) is 20.4 Å². The van der Waals surface area contributed by atoms with Crippen molar-refractivity contribution in [3.05, 3.63) is 65.7 Å². The quantitative estimate of drug-likeness (QED) is 0.560. The van der Waals surface area contributed by atoms with E-state index in [1.807, 2.05) is 49.4 Å². The molecular formula is C22H26N6O2. The molecule has 1 heterocycles. The maximum absolute atomic E-state index is 12.2. The molecule has 0 radical (unpaired) electrons. The largest absolute Gasteiger partial charge is 0.273 e. The van der Waals surface area contributed by atoms with Gasteiger partial charge in [-0.05, 0) is 28.8 Å². The Morgan fingerprint density at radius 1 is 1.03 bits per heavy atom. The molecule has 30 heavy (non-hydrogen) atoms. The number of aromatic nitrogens is 4. The van der Waals surface area contributed by atoms with Gasteiger partial charge in [-0.1, -0.05) is 69.2 Å². The fraction of sp³-hybridized carbons (Fsp3) is 0.318. The molecule has 3 rings (SSSR count). The van der Waals surface area contributed by atoms with E-state index >= 15 is 0 Å². The number of amides is 2. The predicted octanol–water partition coefficient (Wildman–Crippen LogP) is 2.98. The molecule has 2 amide bonds. The van der Waals surface area contributed by atoms with E-state index in [2.05, 4.69) is 33.2 Å². The van der Waals surface area contributed by atoms with E-state index in [1.54, 1.807) is 12.1 Å². The molecule has 1 unspecified atom stereocenters. The van der Waals surface area contributed by atoms with E-state index in [0.717, 1.165) is 24.0 Å². The van der Waals surface area contributed by atoms with Crippen LogP contribution in [-0.2, 0) is 11.3 Å². The second kappa shape index (κ2) is 10.3. The van der Waals surface area contributed by atoms with Crippen molar-refractivity contribution in [1.29, 1.82) is 0 Å². The van der Waals surface area contributed by atoms with Gasteiger partial charge in [-0.25, -0.2) is 0 Å². The molecule has 3 aromatic rings. The molecule has 156 valence electrons. The summed E-state index contributed by atoms with van der Waals surface area (Å²) in [6.45, 7) is 4.55. The fourth-order valence-corrected chi connectivity index (χ4v) is 3.10. The normalized spacial score (nSPS) is 11.7. The van der Waals surface area contributed by atoms with Crippen molar-refractivity contribution in [3.8, 4) is 11.4 Å². The highest BCUT2D eigenvalue weighted by Crippen LogP contribution is 2.13. The Labute approximate surface area is 175 Å². The third-order valence-electron chi connectivity index (χ3n) is 4.66. The van der Waals surface area contributed by atoms with Crippen molar-refractivity contribution in [2.45, 2.75) is 39.7 Å². The lowest BCUT2D eigenvalue weighted by Gasteiger charge is -2.11. The van der Waals surface area contributed by atoms with Gasteiger partial charge in [0, 0.05) is 17.5 Å². The van der Waals surface area contributed by atoms with Crippen LogP contribution >= 0.6 is 0 Å². The smallest absolute Gasteiger partial charge is 0.269 e. The van der Waals surface area contributed by atoms with E-state index in [9.17, 15) is 9.59 Å². The van der Waals surface area contributed by atoms with Crippen molar-refractivity contribution in [3.63, 3.8) is 0 Å². The zero-order valence-electron chi connectivity index (χ0n) is 17.2. The Hall–Kier alpha value is -3.55. The number of benzene rings is 2. The number of carbonyl (C=O) groups excluding carboxylic acids is 2. The molecule has 0 fully saturated rings. The van der Waals surface area contributed by atoms with E-state index < -0.39 is 0 Å². The summed E-state index contributed by atoms with van der Waals surface area (Å²) in [7, 11) is 0. The van der Waals surface area contributed by atoms with Crippen LogP contribution in [0.1, 0.15) is 49.0 Å². The maximum atomic E-state index is 12.2. The van der Waals surface area contributed by atoms with Gasteiger partial charge in [0.2, 0.25) is 11.7 Å². The summed E-state index contributed by atoms with van der Waals surface area (Å²) in [6.07, 6.45) is 2.41. The summed E-state index contributed by atoms with van der Waals surface area (Å²) in [4.78, 5) is 25.6. The first-order valence-electron chi connectivity index (χ1n) is 10.1. The Morgan fingerprint density at radius 2 is 1.77 bits per heavy atom. The van der Waals surface area contributed by atoms with Gasteiger partial charge >= 0.3 is 0 Å². The van der Waals surface area contributed by atoms with Gasteiger partial charge in [0.05, 0.1) is 6.54 Å². The molecule has 0 aliphatic rings. The SMILES string of the molecule is CCCC(C)CC(=O)NNC(=O)c1ccc(Cn2nnc(-c3ccccc3)n2)cc1. The number of nitrogens with zero attached hydrogens (tertiary/aromatic N) is 4. The summed E-state index contributed by atoms with van der Waals surface area (Å²) in [5.41, 5.74) is 7.22. The molecule has 2 N–H and O–H groups in total. The summed E-state index contributed by atoms with van der Waals surface area (Å²) in [5, 5.41) is 12.5. The monoisotopic (exact) mass is 406 g/mol. The van der Waals surface area contributed by atoms with E-state index in [-0.39, 0.29) is 11.8 Å². The number of carbonyl (C=O) groups is 2. The Bertz CT molecular complexity index is 969. The zero-order chi connectivity index (χ0) is 21.3. The molecule has 2 aromatic carbocycles. The van der Waals surface area contributed by atoms with Crippen LogP contribution in [0.2, 0.25) is 0 Å². The Balaban J connectivity index is 1.52. The molecule has 0 saturated carbocycles.